The lowest BCUT2D eigenvalue weighted by atomic mass is 9.92. The molecule has 0 aliphatic rings. The molecule has 0 N–H and O–H groups in total. The molecule has 0 atom stereocenters. The predicted molar refractivity (Wildman–Crippen MR) is 225 cm³/mol. The van der Waals surface area contributed by atoms with Gasteiger partial charge in [-0.1, -0.05) is 164 Å². The van der Waals surface area contributed by atoms with E-state index in [0.717, 1.165) is 11.4 Å². The minimum atomic E-state index is 1.13. The van der Waals surface area contributed by atoms with Gasteiger partial charge in [-0.3, -0.25) is 0 Å². The number of benzene rings is 9. The quantitative estimate of drug-likeness (QED) is 0.169. The zero-order chi connectivity index (χ0) is 34.4. The molecular formula is C50H33NS. The van der Waals surface area contributed by atoms with E-state index >= 15 is 0 Å². The van der Waals surface area contributed by atoms with Crippen LogP contribution in [-0.2, 0) is 0 Å². The van der Waals surface area contributed by atoms with Crippen molar-refractivity contribution in [2.75, 3.05) is 4.90 Å². The molecular weight excluding hydrogens is 647 g/mol. The van der Waals surface area contributed by atoms with Gasteiger partial charge in [0.1, 0.15) is 0 Å². The Balaban J connectivity index is 1.12. The molecule has 1 aromatic heterocycles. The highest BCUT2D eigenvalue weighted by atomic mass is 32.1. The van der Waals surface area contributed by atoms with Crippen molar-refractivity contribution in [1.29, 1.82) is 0 Å². The molecule has 1 nitrogen and oxygen atoms in total. The lowest BCUT2D eigenvalue weighted by molar-refractivity contribution is 1.30. The summed E-state index contributed by atoms with van der Waals surface area (Å²) in [4.78, 5) is 2.41. The van der Waals surface area contributed by atoms with Gasteiger partial charge in [0.2, 0.25) is 0 Å². The van der Waals surface area contributed by atoms with Crippen molar-refractivity contribution in [3.63, 3.8) is 0 Å². The third kappa shape index (κ3) is 5.16. The summed E-state index contributed by atoms with van der Waals surface area (Å²) in [5.41, 5.74) is 10.9. The third-order valence-corrected chi connectivity index (χ3v) is 11.5. The number of rotatable bonds is 6. The SMILES string of the molecule is c1ccc(-c2ccc(-c3ccc(N(c4ccccc4)c4cccc5c4sc4c6ccccc6c(-c6cccc7ccccc67)cc54)cc3)cc2)cc1. The van der Waals surface area contributed by atoms with E-state index in [1.165, 1.54) is 80.8 Å². The Hall–Kier alpha value is -6.48. The van der Waals surface area contributed by atoms with E-state index in [4.69, 9.17) is 0 Å². The maximum absolute atomic E-state index is 2.44. The summed E-state index contributed by atoms with van der Waals surface area (Å²) in [7, 11) is 0. The van der Waals surface area contributed by atoms with Gasteiger partial charge in [-0.15, -0.1) is 11.3 Å². The topological polar surface area (TPSA) is 3.24 Å². The summed E-state index contributed by atoms with van der Waals surface area (Å²) in [6.45, 7) is 0. The first kappa shape index (κ1) is 30.4. The van der Waals surface area contributed by atoms with Crippen LogP contribution < -0.4 is 4.90 Å². The van der Waals surface area contributed by atoms with Gasteiger partial charge in [0, 0.05) is 32.2 Å². The van der Waals surface area contributed by atoms with Crippen molar-refractivity contribution >= 4 is 70.1 Å². The molecule has 0 unspecified atom stereocenters. The molecule has 52 heavy (non-hydrogen) atoms. The minimum Gasteiger partial charge on any atom is -0.309 e. The standard InChI is InChI=1S/C50H33NS/c1-3-13-34(14-4-1)35-25-27-36(28-26-35)37-29-31-40(32-30-37)51(39-17-5-2-6-18-39)48-24-12-23-45-47-33-46(42-22-11-16-38-15-7-8-19-41(38)42)43-20-9-10-21-44(43)49(47)52-50(45)48/h1-33H. The number of nitrogens with zero attached hydrogens (tertiary/aromatic N) is 1. The zero-order valence-corrected chi connectivity index (χ0v) is 29.2. The lowest BCUT2D eigenvalue weighted by Crippen LogP contribution is -2.09. The molecule has 0 spiro atoms. The maximum atomic E-state index is 2.44. The first-order chi connectivity index (χ1) is 25.8. The Kier molecular flexibility index (Phi) is 7.41. The van der Waals surface area contributed by atoms with Crippen molar-refractivity contribution < 1.29 is 0 Å². The van der Waals surface area contributed by atoms with Gasteiger partial charge in [0.05, 0.1) is 10.4 Å². The van der Waals surface area contributed by atoms with Gasteiger partial charge in [-0.25, -0.2) is 0 Å². The highest BCUT2D eigenvalue weighted by Crippen LogP contribution is 2.48. The molecule has 0 saturated carbocycles. The molecule has 1 heterocycles. The molecule has 244 valence electrons. The van der Waals surface area contributed by atoms with Gasteiger partial charge in [-0.05, 0) is 85.9 Å². The monoisotopic (exact) mass is 679 g/mol. The van der Waals surface area contributed by atoms with Gasteiger partial charge < -0.3 is 4.90 Å². The highest BCUT2D eigenvalue weighted by Gasteiger charge is 2.20. The summed E-state index contributed by atoms with van der Waals surface area (Å²) in [6, 6.07) is 72.7. The van der Waals surface area contributed by atoms with Crippen LogP contribution in [0, 0.1) is 0 Å². The number of thiophene rings is 1. The average molecular weight is 680 g/mol. The summed E-state index contributed by atoms with van der Waals surface area (Å²) in [6.07, 6.45) is 0. The van der Waals surface area contributed by atoms with Crippen LogP contribution in [-0.4, -0.2) is 0 Å². The summed E-state index contributed by atoms with van der Waals surface area (Å²) < 4.78 is 2.60. The Labute approximate surface area is 307 Å². The van der Waals surface area contributed by atoms with E-state index in [9.17, 15) is 0 Å². The summed E-state index contributed by atoms with van der Waals surface area (Å²) in [5, 5.41) is 7.69. The molecule has 0 aliphatic heterocycles. The Morgan fingerprint density at radius 2 is 0.808 bits per heavy atom. The van der Waals surface area contributed by atoms with Crippen LogP contribution in [0.15, 0.2) is 200 Å². The fraction of sp³-hybridized carbons (Fsp3) is 0. The smallest absolute Gasteiger partial charge is 0.0640 e. The predicted octanol–water partition coefficient (Wildman–Crippen LogP) is 14.8. The van der Waals surface area contributed by atoms with E-state index in [1.54, 1.807) is 0 Å². The van der Waals surface area contributed by atoms with Crippen LogP contribution in [0.3, 0.4) is 0 Å². The second kappa shape index (κ2) is 12.7. The highest BCUT2D eigenvalue weighted by molar-refractivity contribution is 7.27. The fourth-order valence-corrected chi connectivity index (χ4v) is 9.08. The first-order valence-electron chi connectivity index (χ1n) is 17.8. The number of fused-ring (bicyclic) bond motifs is 6. The zero-order valence-electron chi connectivity index (χ0n) is 28.4. The average Bonchev–Trinajstić information content (AvgIpc) is 3.61. The third-order valence-electron chi connectivity index (χ3n) is 10.3. The van der Waals surface area contributed by atoms with E-state index in [1.807, 2.05) is 11.3 Å². The van der Waals surface area contributed by atoms with E-state index in [-0.39, 0.29) is 0 Å². The number of para-hydroxylation sites is 1. The molecule has 10 aromatic rings. The maximum Gasteiger partial charge on any atom is 0.0640 e. The van der Waals surface area contributed by atoms with Crippen LogP contribution in [0.4, 0.5) is 17.1 Å². The molecule has 0 fully saturated rings. The van der Waals surface area contributed by atoms with Crippen LogP contribution >= 0.6 is 11.3 Å². The molecule has 10 rings (SSSR count). The van der Waals surface area contributed by atoms with Crippen molar-refractivity contribution in [2.45, 2.75) is 0 Å². The summed E-state index contributed by atoms with van der Waals surface area (Å²) >= 11 is 1.90. The normalized spacial score (nSPS) is 11.5. The Morgan fingerprint density at radius 1 is 0.308 bits per heavy atom. The van der Waals surface area contributed by atoms with Crippen molar-refractivity contribution in [3.8, 4) is 33.4 Å². The van der Waals surface area contributed by atoms with Gasteiger partial charge in [0.15, 0.2) is 0 Å². The van der Waals surface area contributed by atoms with E-state index < -0.39 is 0 Å². The van der Waals surface area contributed by atoms with Crippen LogP contribution in [0.5, 0.6) is 0 Å². The first-order valence-corrected chi connectivity index (χ1v) is 18.6. The van der Waals surface area contributed by atoms with E-state index in [0.29, 0.717) is 0 Å². The number of hydrogen-bond donors (Lipinski definition) is 0. The van der Waals surface area contributed by atoms with Crippen LogP contribution in [0.2, 0.25) is 0 Å². The second-order valence-corrected chi connectivity index (χ2v) is 14.3. The molecule has 0 saturated heterocycles. The van der Waals surface area contributed by atoms with Gasteiger partial charge in [0.25, 0.3) is 0 Å². The number of anilines is 3. The second-order valence-electron chi connectivity index (χ2n) is 13.3. The molecule has 0 radical (unpaired) electrons. The van der Waals surface area contributed by atoms with Crippen LogP contribution in [0.25, 0.3) is 75.1 Å². The Morgan fingerprint density at radius 3 is 1.54 bits per heavy atom. The fourth-order valence-electron chi connectivity index (χ4n) is 7.76. The van der Waals surface area contributed by atoms with Gasteiger partial charge >= 0.3 is 0 Å². The molecule has 2 heteroatoms. The van der Waals surface area contributed by atoms with Crippen molar-refractivity contribution in [2.24, 2.45) is 0 Å². The molecule has 9 aromatic carbocycles. The molecule has 0 amide bonds. The molecule has 0 aliphatic carbocycles. The largest absolute Gasteiger partial charge is 0.309 e. The molecule has 0 bridgehead atoms. The summed E-state index contributed by atoms with van der Waals surface area (Å²) in [5.74, 6) is 0. The van der Waals surface area contributed by atoms with Crippen molar-refractivity contribution in [1.82, 2.24) is 0 Å². The van der Waals surface area contributed by atoms with Gasteiger partial charge in [-0.2, -0.15) is 0 Å². The van der Waals surface area contributed by atoms with Crippen LogP contribution in [0.1, 0.15) is 0 Å². The number of hydrogen-bond acceptors (Lipinski definition) is 2. The van der Waals surface area contributed by atoms with E-state index in [2.05, 4.69) is 205 Å². The lowest BCUT2D eigenvalue weighted by Gasteiger charge is -2.26. The minimum absolute atomic E-state index is 1.13. The Bertz CT molecular complexity index is 2870. The van der Waals surface area contributed by atoms with Crippen molar-refractivity contribution in [3.05, 3.63) is 200 Å².